The summed E-state index contributed by atoms with van der Waals surface area (Å²) >= 11 is 6.24. The molecule has 1 aromatic heterocycles. The van der Waals surface area contributed by atoms with Gasteiger partial charge in [-0.2, -0.15) is 0 Å². The molecule has 282 valence electrons. The smallest absolute Gasteiger partial charge is 0.255 e. The standard InChI is InChI=1S/C41H46ClN7O5/c1-40(2)38(41(3,4)39(40)54-29-11-13-32(43-5)31(42)22-29)46-35(51)25-8-9-27(44-23-25)7-6-16-47-17-19-48(20-18-47)28-10-12-30-26(21-28)24-49(37(30)53)33-14-15-34(50)45-36(33)52/h8-13,21-23,33,38-39H,6-7,14-20,24H2,1-4H3,(H,46,51)(H,45,50,52). The third-order valence-corrected chi connectivity index (χ3v) is 11.9. The van der Waals surface area contributed by atoms with E-state index in [9.17, 15) is 19.2 Å². The molecule has 4 amide bonds. The van der Waals surface area contributed by atoms with E-state index in [1.54, 1.807) is 29.3 Å². The number of aromatic nitrogens is 1. The lowest BCUT2D eigenvalue weighted by atomic mass is 9.49. The van der Waals surface area contributed by atoms with Gasteiger partial charge in [0.2, 0.25) is 17.5 Å². The van der Waals surface area contributed by atoms with E-state index in [2.05, 4.69) is 64.0 Å². The number of aryl methyl sites for hydroxylation is 1. The third-order valence-electron chi connectivity index (χ3n) is 11.6. The summed E-state index contributed by atoms with van der Waals surface area (Å²) in [6, 6.07) is 14.1. The molecule has 2 aromatic carbocycles. The minimum atomic E-state index is -0.612. The lowest BCUT2D eigenvalue weighted by molar-refractivity contribution is -0.164. The zero-order valence-electron chi connectivity index (χ0n) is 31.2. The number of halogens is 1. The molecule has 2 saturated heterocycles. The summed E-state index contributed by atoms with van der Waals surface area (Å²) in [4.78, 5) is 64.8. The first-order valence-electron chi connectivity index (χ1n) is 18.6. The molecule has 4 heterocycles. The van der Waals surface area contributed by atoms with Gasteiger partial charge in [0.05, 0.1) is 17.2 Å². The fraction of sp³-hybridized carbons (Fsp3) is 0.463. The lowest BCUT2D eigenvalue weighted by Crippen LogP contribution is -2.74. The van der Waals surface area contributed by atoms with E-state index < -0.39 is 11.9 Å². The Morgan fingerprint density at radius 2 is 1.80 bits per heavy atom. The van der Waals surface area contributed by atoms with Gasteiger partial charge in [-0.05, 0) is 73.8 Å². The monoisotopic (exact) mass is 751 g/mol. The number of piperidine rings is 1. The van der Waals surface area contributed by atoms with E-state index in [1.807, 2.05) is 24.3 Å². The number of nitrogens with one attached hydrogen (secondary N) is 2. The number of carbonyl (C=O) groups excluding carboxylic acids is 4. The molecule has 12 nitrogen and oxygen atoms in total. The molecule has 3 aromatic rings. The number of carbonyl (C=O) groups is 4. The Morgan fingerprint density at radius 3 is 2.46 bits per heavy atom. The van der Waals surface area contributed by atoms with Crippen molar-refractivity contribution in [3.63, 3.8) is 0 Å². The number of anilines is 1. The van der Waals surface area contributed by atoms with Crippen LogP contribution in [0.2, 0.25) is 5.02 Å². The van der Waals surface area contributed by atoms with Gasteiger partial charge in [0.1, 0.15) is 17.9 Å². The number of hydrogen-bond acceptors (Lipinski definition) is 8. The molecule has 1 atom stereocenters. The topological polar surface area (TPSA) is 129 Å². The van der Waals surface area contributed by atoms with E-state index in [4.69, 9.17) is 22.9 Å². The number of ether oxygens (including phenoxy) is 1. The number of fused-ring (bicyclic) bond motifs is 1. The van der Waals surface area contributed by atoms with E-state index in [0.717, 1.165) is 62.5 Å². The van der Waals surface area contributed by atoms with Crippen LogP contribution in [0.25, 0.3) is 4.85 Å². The van der Waals surface area contributed by atoms with Crippen molar-refractivity contribution in [3.05, 3.63) is 93.6 Å². The summed E-state index contributed by atoms with van der Waals surface area (Å²) in [5.41, 5.74) is 3.76. The molecule has 1 saturated carbocycles. The number of amides is 4. The Bertz CT molecular complexity index is 2000. The molecular formula is C41H46ClN7O5. The highest BCUT2D eigenvalue weighted by Crippen LogP contribution is 2.55. The molecular weight excluding hydrogens is 706 g/mol. The van der Waals surface area contributed by atoms with Crippen LogP contribution in [-0.4, -0.2) is 89.3 Å². The number of rotatable bonds is 10. The Balaban J connectivity index is 0.853. The molecule has 13 heteroatoms. The maximum absolute atomic E-state index is 13.3. The van der Waals surface area contributed by atoms with Gasteiger partial charge in [-0.15, -0.1) is 0 Å². The quantitative estimate of drug-likeness (QED) is 0.208. The van der Waals surface area contributed by atoms with Gasteiger partial charge < -0.3 is 19.9 Å². The van der Waals surface area contributed by atoms with Crippen molar-refractivity contribution in [3.8, 4) is 5.75 Å². The molecule has 0 bridgehead atoms. The second-order valence-electron chi connectivity index (χ2n) is 16.0. The van der Waals surface area contributed by atoms with E-state index in [0.29, 0.717) is 40.6 Å². The van der Waals surface area contributed by atoms with Crippen LogP contribution in [-0.2, 0) is 22.6 Å². The van der Waals surface area contributed by atoms with Crippen LogP contribution in [0.4, 0.5) is 11.4 Å². The van der Waals surface area contributed by atoms with Gasteiger partial charge in [0, 0.05) is 79.2 Å². The van der Waals surface area contributed by atoms with Crippen LogP contribution in [0.3, 0.4) is 0 Å². The van der Waals surface area contributed by atoms with Crippen molar-refractivity contribution in [2.75, 3.05) is 37.6 Å². The summed E-state index contributed by atoms with van der Waals surface area (Å²) in [7, 11) is 0. The molecule has 3 aliphatic heterocycles. The molecule has 7 rings (SSSR count). The van der Waals surface area contributed by atoms with Gasteiger partial charge in [0.25, 0.3) is 11.8 Å². The van der Waals surface area contributed by atoms with Gasteiger partial charge in [-0.25, -0.2) is 4.85 Å². The van der Waals surface area contributed by atoms with Crippen molar-refractivity contribution >= 4 is 46.6 Å². The number of nitrogens with zero attached hydrogens (tertiary/aromatic N) is 5. The number of benzene rings is 2. The SMILES string of the molecule is [C-]#[N+]c1ccc(OC2C(C)(C)C(NC(=O)c3ccc(CCCN4CCN(c5ccc6c(c5)CN(C5CCC(=O)NC5=O)C6=O)CC4)nc3)C2(C)C)cc1Cl. The fourth-order valence-corrected chi connectivity index (χ4v) is 9.19. The normalized spacial score (nSPS) is 23.3. The largest absolute Gasteiger partial charge is 0.489 e. The number of hydrogen-bond donors (Lipinski definition) is 2. The summed E-state index contributed by atoms with van der Waals surface area (Å²) < 4.78 is 6.36. The van der Waals surface area contributed by atoms with Gasteiger partial charge in [0.15, 0.2) is 0 Å². The third kappa shape index (κ3) is 7.15. The average Bonchev–Trinajstić information content (AvgIpc) is 3.48. The van der Waals surface area contributed by atoms with E-state index in [1.165, 1.54) is 0 Å². The van der Waals surface area contributed by atoms with Gasteiger partial charge in [-0.3, -0.25) is 34.4 Å². The average molecular weight is 752 g/mol. The first-order valence-corrected chi connectivity index (χ1v) is 19.0. The van der Waals surface area contributed by atoms with Crippen molar-refractivity contribution in [2.24, 2.45) is 10.8 Å². The zero-order chi connectivity index (χ0) is 38.4. The van der Waals surface area contributed by atoms with E-state index >= 15 is 0 Å². The molecule has 0 spiro atoms. The van der Waals surface area contributed by atoms with Crippen molar-refractivity contribution in [1.82, 2.24) is 25.4 Å². The second-order valence-corrected chi connectivity index (χ2v) is 16.4. The van der Waals surface area contributed by atoms with E-state index in [-0.39, 0.29) is 47.1 Å². The lowest BCUT2D eigenvalue weighted by Gasteiger charge is -2.63. The summed E-state index contributed by atoms with van der Waals surface area (Å²) in [6.45, 7) is 20.5. The highest BCUT2D eigenvalue weighted by atomic mass is 35.5. The molecule has 3 fully saturated rings. The minimum Gasteiger partial charge on any atom is -0.489 e. The molecule has 0 radical (unpaired) electrons. The van der Waals surface area contributed by atoms with Gasteiger partial charge >= 0.3 is 0 Å². The summed E-state index contributed by atoms with van der Waals surface area (Å²) in [5.74, 6) is -0.402. The fourth-order valence-electron chi connectivity index (χ4n) is 8.98. The maximum Gasteiger partial charge on any atom is 0.255 e. The Hall–Kier alpha value is -4.99. The Morgan fingerprint density at radius 1 is 1.04 bits per heavy atom. The van der Waals surface area contributed by atoms with Crippen molar-refractivity contribution in [1.29, 1.82) is 0 Å². The summed E-state index contributed by atoms with van der Waals surface area (Å²) in [6.07, 6.45) is 3.84. The Labute approximate surface area is 321 Å². The van der Waals surface area contributed by atoms with Crippen LogP contribution < -0.4 is 20.3 Å². The zero-order valence-corrected chi connectivity index (χ0v) is 31.9. The number of imide groups is 1. The van der Waals surface area contributed by atoms with Crippen LogP contribution in [0, 0.1) is 17.4 Å². The first-order chi connectivity index (χ1) is 25.8. The molecule has 1 aliphatic carbocycles. The molecule has 54 heavy (non-hydrogen) atoms. The highest BCUT2D eigenvalue weighted by molar-refractivity contribution is 6.33. The van der Waals surface area contributed by atoms with Crippen LogP contribution in [0.15, 0.2) is 54.7 Å². The molecule has 2 N–H and O–H groups in total. The summed E-state index contributed by atoms with van der Waals surface area (Å²) in [5, 5.41) is 5.95. The first kappa shape index (κ1) is 37.3. The predicted molar refractivity (Wildman–Crippen MR) is 205 cm³/mol. The second kappa shape index (κ2) is 14.7. The Kier molecular flexibility index (Phi) is 10.1. The van der Waals surface area contributed by atoms with Crippen LogP contribution in [0.5, 0.6) is 5.75 Å². The van der Waals surface area contributed by atoms with Gasteiger partial charge in [-0.1, -0.05) is 45.4 Å². The molecule has 4 aliphatic rings. The number of piperazine rings is 1. The predicted octanol–water partition coefficient (Wildman–Crippen LogP) is 5.41. The van der Waals surface area contributed by atoms with Crippen molar-refractivity contribution in [2.45, 2.75) is 78.1 Å². The van der Waals surface area contributed by atoms with Crippen molar-refractivity contribution < 1.29 is 23.9 Å². The minimum absolute atomic E-state index is 0.136. The number of pyridine rings is 1. The molecule has 1 unspecified atom stereocenters. The maximum atomic E-state index is 13.3. The highest BCUT2D eigenvalue weighted by Gasteiger charge is 2.64. The van der Waals surface area contributed by atoms with Crippen LogP contribution in [0.1, 0.15) is 78.9 Å². The van der Waals surface area contributed by atoms with Crippen LogP contribution >= 0.6 is 11.6 Å².